The molecule has 4 heteroatoms. The van der Waals surface area contributed by atoms with Crippen molar-refractivity contribution in [3.63, 3.8) is 0 Å². The van der Waals surface area contributed by atoms with Gasteiger partial charge in [-0.1, -0.05) is 30.3 Å². The summed E-state index contributed by atoms with van der Waals surface area (Å²) in [5.41, 5.74) is 1.10. The summed E-state index contributed by atoms with van der Waals surface area (Å²) in [5, 5.41) is 0. The molecule has 0 spiro atoms. The average molecular weight is 247 g/mol. The highest BCUT2D eigenvalue weighted by Crippen LogP contribution is 2.19. The van der Waals surface area contributed by atoms with Crippen LogP contribution in [-0.4, -0.2) is 35.8 Å². The Morgan fingerprint density at radius 3 is 2.78 bits per heavy atom. The summed E-state index contributed by atoms with van der Waals surface area (Å²) in [6.45, 7) is 3.06. The van der Waals surface area contributed by atoms with Crippen LogP contribution in [0.15, 0.2) is 30.3 Å². The third-order valence-corrected chi connectivity index (χ3v) is 3.03. The molecule has 0 aromatic heterocycles. The van der Waals surface area contributed by atoms with Gasteiger partial charge in [-0.15, -0.1) is 0 Å². The van der Waals surface area contributed by atoms with E-state index in [4.69, 9.17) is 4.74 Å². The van der Waals surface area contributed by atoms with E-state index in [1.54, 1.807) is 6.92 Å². The van der Waals surface area contributed by atoms with Gasteiger partial charge < -0.3 is 4.74 Å². The lowest BCUT2D eigenvalue weighted by molar-refractivity contribution is -0.148. The van der Waals surface area contributed by atoms with Crippen LogP contribution in [0.2, 0.25) is 0 Å². The first kappa shape index (κ1) is 12.8. The van der Waals surface area contributed by atoms with Crippen LogP contribution >= 0.6 is 0 Å². The molecule has 0 amide bonds. The first-order valence-corrected chi connectivity index (χ1v) is 6.17. The number of likely N-dealkylation sites (tertiary alicyclic amines) is 1. The van der Waals surface area contributed by atoms with Gasteiger partial charge in [-0.05, 0) is 12.5 Å². The van der Waals surface area contributed by atoms with Gasteiger partial charge in [-0.2, -0.15) is 0 Å². The molecule has 1 aromatic rings. The van der Waals surface area contributed by atoms with Crippen LogP contribution in [0, 0.1) is 0 Å². The molecule has 1 heterocycles. The number of carbonyl (C=O) groups excluding carboxylic acids is 2. The molecule has 2 rings (SSSR count). The molecule has 0 radical (unpaired) electrons. The van der Waals surface area contributed by atoms with Gasteiger partial charge in [-0.25, -0.2) is 0 Å². The van der Waals surface area contributed by atoms with Gasteiger partial charge in [0.1, 0.15) is 11.8 Å². The Kier molecular flexibility index (Phi) is 4.10. The molecule has 0 N–H and O–H groups in total. The van der Waals surface area contributed by atoms with Gasteiger partial charge in [-0.3, -0.25) is 14.5 Å². The Morgan fingerprint density at radius 1 is 1.39 bits per heavy atom. The number of nitrogens with zero attached hydrogens (tertiary/aromatic N) is 1. The van der Waals surface area contributed by atoms with Crippen molar-refractivity contribution in [2.45, 2.75) is 25.9 Å². The molecule has 1 atom stereocenters. The summed E-state index contributed by atoms with van der Waals surface area (Å²) in [6.07, 6.45) is 0.270. The van der Waals surface area contributed by atoms with Crippen molar-refractivity contribution in [3.05, 3.63) is 35.9 Å². The van der Waals surface area contributed by atoms with E-state index in [-0.39, 0.29) is 18.2 Å². The fraction of sp³-hybridized carbons (Fsp3) is 0.429. The third kappa shape index (κ3) is 2.96. The molecule has 1 saturated heterocycles. The zero-order valence-corrected chi connectivity index (χ0v) is 10.5. The predicted molar refractivity (Wildman–Crippen MR) is 66.9 cm³/mol. The van der Waals surface area contributed by atoms with Gasteiger partial charge in [0.15, 0.2) is 0 Å². The third-order valence-electron chi connectivity index (χ3n) is 3.03. The topological polar surface area (TPSA) is 46.6 Å². The van der Waals surface area contributed by atoms with Gasteiger partial charge >= 0.3 is 5.97 Å². The van der Waals surface area contributed by atoms with Crippen molar-refractivity contribution in [2.24, 2.45) is 0 Å². The number of Topliss-reactive ketones (excluding diaryl/α,β-unsaturated/α-hetero) is 1. The lowest BCUT2D eigenvalue weighted by Gasteiger charge is -2.21. The second-order valence-corrected chi connectivity index (χ2v) is 4.40. The second kappa shape index (κ2) is 5.78. The van der Waals surface area contributed by atoms with Crippen LogP contribution in [0.4, 0.5) is 0 Å². The monoisotopic (exact) mass is 247 g/mol. The first-order chi connectivity index (χ1) is 8.70. The van der Waals surface area contributed by atoms with Crippen molar-refractivity contribution in [1.82, 2.24) is 4.90 Å². The van der Waals surface area contributed by atoms with Gasteiger partial charge in [0.25, 0.3) is 0 Å². The lowest BCUT2D eigenvalue weighted by Crippen LogP contribution is -2.36. The number of hydrogen-bond acceptors (Lipinski definition) is 4. The molecule has 18 heavy (non-hydrogen) atoms. The SMILES string of the molecule is CCOC(=O)C1CC(=O)CN1Cc1ccccc1. The second-order valence-electron chi connectivity index (χ2n) is 4.40. The Hall–Kier alpha value is -1.68. The smallest absolute Gasteiger partial charge is 0.323 e. The maximum absolute atomic E-state index is 11.8. The highest BCUT2D eigenvalue weighted by molar-refractivity contribution is 5.91. The average Bonchev–Trinajstić information content (AvgIpc) is 2.72. The zero-order chi connectivity index (χ0) is 13.0. The van der Waals surface area contributed by atoms with E-state index < -0.39 is 6.04 Å². The molecule has 1 unspecified atom stereocenters. The Morgan fingerprint density at radius 2 is 2.11 bits per heavy atom. The van der Waals surface area contributed by atoms with Crippen molar-refractivity contribution in [2.75, 3.05) is 13.2 Å². The van der Waals surface area contributed by atoms with Gasteiger partial charge in [0.2, 0.25) is 0 Å². The number of ether oxygens (including phenoxy) is 1. The summed E-state index contributed by atoms with van der Waals surface area (Å²) in [5.74, 6) is -0.191. The van der Waals surface area contributed by atoms with Gasteiger partial charge in [0, 0.05) is 13.0 Å². The molecule has 1 aromatic carbocycles. The number of hydrogen-bond donors (Lipinski definition) is 0. The highest BCUT2D eigenvalue weighted by Gasteiger charge is 2.36. The van der Waals surface area contributed by atoms with Gasteiger partial charge in [0.05, 0.1) is 13.2 Å². The number of esters is 1. The summed E-state index contributed by atoms with van der Waals surface area (Å²) in [7, 11) is 0. The van der Waals surface area contributed by atoms with Crippen molar-refractivity contribution in [3.8, 4) is 0 Å². The van der Waals surface area contributed by atoms with E-state index in [1.807, 2.05) is 35.2 Å². The van der Waals surface area contributed by atoms with Crippen LogP contribution in [0.25, 0.3) is 0 Å². The number of ketones is 1. The molecule has 1 aliphatic rings. The summed E-state index contributed by atoms with van der Waals surface area (Å²) in [4.78, 5) is 25.2. The molecule has 96 valence electrons. The number of carbonyl (C=O) groups is 2. The van der Waals surface area contributed by atoms with Crippen LogP contribution in [0.1, 0.15) is 18.9 Å². The van der Waals surface area contributed by atoms with Crippen LogP contribution in [0.5, 0.6) is 0 Å². The Balaban J connectivity index is 2.05. The molecular weight excluding hydrogens is 230 g/mol. The van der Waals surface area contributed by atoms with E-state index in [9.17, 15) is 9.59 Å². The summed E-state index contributed by atoms with van der Waals surface area (Å²) in [6, 6.07) is 9.41. The number of rotatable bonds is 4. The van der Waals surface area contributed by atoms with Crippen molar-refractivity contribution in [1.29, 1.82) is 0 Å². The minimum absolute atomic E-state index is 0.101. The standard InChI is InChI=1S/C14H17NO3/c1-2-18-14(17)13-8-12(16)10-15(13)9-11-6-4-3-5-7-11/h3-7,13H,2,8-10H2,1H3. The Bertz CT molecular complexity index is 430. The van der Waals surface area contributed by atoms with Crippen LogP contribution < -0.4 is 0 Å². The summed E-state index contributed by atoms with van der Waals surface area (Å²) >= 11 is 0. The fourth-order valence-electron chi connectivity index (χ4n) is 2.20. The quantitative estimate of drug-likeness (QED) is 0.754. The van der Waals surface area contributed by atoms with E-state index in [1.165, 1.54) is 0 Å². The Labute approximate surface area is 107 Å². The first-order valence-electron chi connectivity index (χ1n) is 6.17. The van der Waals surface area contributed by atoms with E-state index in [0.717, 1.165) is 5.56 Å². The van der Waals surface area contributed by atoms with Crippen molar-refractivity contribution < 1.29 is 14.3 Å². The van der Waals surface area contributed by atoms with E-state index in [0.29, 0.717) is 19.7 Å². The van der Waals surface area contributed by atoms with E-state index in [2.05, 4.69) is 0 Å². The maximum atomic E-state index is 11.8. The maximum Gasteiger partial charge on any atom is 0.323 e. The van der Waals surface area contributed by atoms with Crippen LogP contribution in [0.3, 0.4) is 0 Å². The largest absolute Gasteiger partial charge is 0.465 e. The molecule has 4 nitrogen and oxygen atoms in total. The van der Waals surface area contributed by atoms with E-state index >= 15 is 0 Å². The molecule has 0 bridgehead atoms. The minimum atomic E-state index is -0.419. The normalized spacial score (nSPS) is 20.1. The fourth-order valence-corrected chi connectivity index (χ4v) is 2.20. The molecule has 1 fully saturated rings. The summed E-state index contributed by atoms with van der Waals surface area (Å²) < 4.78 is 5.01. The molecular formula is C14H17NO3. The minimum Gasteiger partial charge on any atom is -0.465 e. The lowest BCUT2D eigenvalue weighted by atomic mass is 10.2. The van der Waals surface area contributed by atoms with Crippen LogP contribution in [-0.2, 0) is 20.9 Å². The zero-order valence-electron chi connectivity index (χ0n) is 10.5. The number of benzene rings is 1. The molecule has 1 aliphatic heterocycles. The molecule has 0 aliphatic carbocycles. The van der Waals surface area contributed by atoms with Crippen molar-refractivity contribution >= 4 is 11.8 Å². The molecule has 0 saturated carbocycles. The highest BCUT2D eigenvalue weighted by atomic mass is 16.5. The predicted octanol–water partition coefficient (Wildman–Crippen LogP) is 1.39.